The first kappa shape index (κ1) is 9.81. The minimum Gasteiger partial charge on any atom is -0.325 e. The summed E-state index contributed by atoms with van der Waals surface area (Å²) in [4.78, 5) is 15.6. The van der Waals surface area contributed by atoms with E-state index in [0.29, 0.717) is 0 Å². The summed E-state index contributed by atoms with van der Waals surface area (Å²) in [5, 5.41) is 0. The first-order chi connectivity index (χ1) is 6.66. The second kappa shape index (κ2) is 3.79. The van der Waals surface area contributed by atoms with Crippen molar-refractivity contribution in [2.24, 2.45) is 11.8 Å². The van der Waals surface area contributed by atoms with E-state index < -0.39 is 0 Å². The number of hydrogen-bond acceptors (Lipinski definition) is 1. The molecule has 0 aromatic carbocycles. The summed E-state index contributed by atoms with van der Waals surface area (Å²) in [5.74, 6) is 1.53. The van der Waals surface area contributed by atoms with Crippen molar-refractivity contribution in [1.29, 1.82) is 0 Å². The molecule has 0 atom stereocenters. The first-order valence-electron chi connectivity index (χ1n) is 5.70. The number of nitrogens with zero attached hydrogens (tertiary/aromatic N) is 2. The molecule has 0 aliphatic carbocycles. The van der Waals surface area contributed by atoms with Crippen LogP contribution in [0.1, 0.15) is 26.7 Å². The quantitative estimate of drug-likeness (QED) is 0.660. The molecule has 0 saturated carbocycles. The van der Waals surface area contributed by atoms with E-state index in [4.69, 9.17) is 0 Å². The van der Waals surface area contributed by atoms with E-state index in [2.05, 4.69) is 13.8 Å². The van der Waals surface area contributed by atoms with Gasteiger partial charge in [0.15, 0.2) is 0 Å². The van der Waals surface area contributed by atoms with Crippen LogP contribution in [-0.4, -0.2) is 42.0 Å². The van der Waals surface area contributed by atoms with Gasteiger partial charge in [-0.1, -0.05) is 13.8 Å². The van der Waals surface area contributed by atoms with Gasteiger partial charge in [-0.05, 0) is 24.7 Å². The lowest BCUT2D eigenvalue weighted by molar-refractivity contribution is 0.0671. The van der Waals surface area contributed by atoms with Crippen molar-refractivity contribution in [3.05, 3.63) is 0 Å². The van der Waals surface area contributed by atoms with Gasteiger partial charge in [0.05, 0.1) is 0 Å². The summed E-state index contributed by atoms with van der Waals surface area (Å²) < 4.78 is 0. The average molecular weight is 196 g/mol. The molecular weight excluding hydrogens is 176 g/mol. The predicted molar refractivity (Wildman–Crippen MR) is 56.1 cm³/mol. The van der Waals surface area contributed by atoms with E-state index in [1.54, 1.807) is 0 Å². The first-order valence-corrected chi connectivity index (χ1v) is 5.70. The molecule has 2 aliphatic rings. The van der Waals surface area contributed by atoms with E-state index in [9.17, 15) is 4.79 Å². The highest BCUT2D eigenvalue weighted by atomic mass is 16.2. The Kier molecular flexibility index (Phi) is 2.66. The molecule has 2 saturated heterocycles. The molecule has 0 spiro atoms. The molecule has 0 bridgehead atoms. The van der Waals surface area contributed by atoms with Gasteiger partial charge in [0.25, 0.3) is 0 Å². The normalized spacial score (nSPS) is 22.2. The van der Waals surface area contributed by atoms with Crippen LogP contribution in [0.15, 0.2) is 0 Å². The molecule has 14 heavy (non-hydrogen) atoms. The number of hydrogen-bond donors (Lipinski definition) is 0. The number of carbonyl (C=O) groups is 1. The lowest BCUT2D eigenvalue weighted by Gasteiger charge is -2.44. The Morgan fingerprint density at radius 2 is 1.93 bits per heavy atom. The highest BCUT2D eigenvalue weighted by Gasteiger charge is 2.34. The Morgan fingerprint density at radius 3 is 2.36 bits per heavy atom. The maximum atomic E-state index is 11.7. The second-order valence-electron chi connectivity index (χ2n) is 5.02. The zero-order chi connectivity index (χ0) is 10.1. The molecule has 0 radical (unpaired) electrons. The fraction of sp³-hybridized carbons (Fsp3) is 0.909. The third-order valence-electron chi connectivity index (χ3n) is 3.16. The number of amides is 2. The maximum absolute atomic E-state index is 11.7. The van der Waals surface area contributed by atoms with E-state index >= 15 is 0 Å². The standard InChI is InChI=1S/C11H20N2O/c1-9(2)6-10-7-13(8-10)11(14)12-4-3-5-12/h9-10H,3-8H2,1-2H3. The number of rotatable bonds is 2. The van der Waals surface area contributed by atoms with Crippen LogP contribution in [0.4, 0.5) is 4.79 Å². The topological polar surface area (TPSA) is 23.6 Å². The smallest absolute Gasteiger partial charge is 0.320 e. The molecule has 0 N–H and O–H groups in total. The molecule has 2 amide bonds. The van der Waals surface area contributed by atoms with Gasteiger partial charge < -0.3 is 9.80 Å². The van der Waals surface area contributed by atoms with Crippen molar-refractivity contribution < 1.29 is 4.79 Å². The highest BCUT2D eigenvalue weighted by molar-refractivity contribution is 5.76. The third kappa shape index (κ3) is 1.86. The molecule has 0 aromatic rings. The Labute approximate surface area is 86.1 Å². The number of urea groups is 1. The van der Waals surface area contributed by atoms with E-state index in [1.165, 1.54) is 12.8 Å². The summed E-state index contributed by atoms with van der Waals surface area (Å²) in [6, 6.07) is 0.274. The average Bonchev–Trinajstić information content (AvgIpc) is 1.91. The van der Waals surface area contributed by atoms with Crippen molar-refractivity contribution in [2.75, 3.05) is 26.2 Å². The van der Waals surface area contributed by atoms with Crippen LogP contribution >= 0.6 is 0 Å². The van der Waals surface area contributed by atoms with Gasteiger partial charge in [0, 0.05) is 26.2 Å². The Hall–Kier alpha value is -0.730. The lowest BCUT2D eigenvalue weighted by Crippen LogP contribution is -2.57. The molecule has 2 rings (SSSR count). The molecular formula is C11H20N2O. The van der Waals surface area contributed by atoms with Crippen LogP contribution in [0.3, 0.4) is 0 Å². The molecule has 80 valence electrons. The van der Waals surface area contributed by atoms with Gasteiger partial charge in [-0.15, -0.1) is 0 Å². The minimum absolute atomic E-state index is 0.274. The highest BCUT2D eigenvalue weighted by Crippen LogP contribution is 2.25. The number of likely N-dealkylation sites (tertiary alicyclic amines) is 2. The Balaban J connectivity index is 1.69. The molecule has 2 heterocycles. The van der Waals surface area contributed by atoms with Crippen LogP contribution < -0.4 is 0 Å². The third-order valence-corrected chi connectivity index (χ3v) is 3.16. The summed E-state index contributed by atoms with van der Waals surface area (Å²) >= 11 is 0. The molecule has 2 fully saturated rings. The van der Waals surface area contributed by atoms with Gasteiger partial charge in [0.1, 0.15) is 0 Å². The summed E-state index contributed by atoms with van der Waals surface area (Å²) in [6.45, 7) is 8.44. The van der Waals surface area contributed by atoms with E-state index in [0.717, 1.165) is 38.0 Å². The van der Waals surface area contributed by atoms with Crippen molar-refractivity contribution in [1.82, 2.24) is 9.80 Å². The van der Waals surface area contributed by atoms with Crippen molar-refractivity contribution in [2.45, 2.75) is 26.7 Å². The summed E-state index contributed by atoms with van der Waals surface area (Å²) in [6.07, 6.45) is 2.46. The molecule has 2 aliphatic heterocycles. The van der Waals surface area contributed by atoms with Gasteiger partial charge in [-0.3, -0.25) is 0 Å². The monoisotopic (exact) mass is 196 g/mol. The predicted octanol–water partition coefficient (Wildman–Crippen LogP) is 1.79. The van der Waals surface area contributed by atoms with Crippen molar-refractivity contribution >= 4 is 6.03 Å². The summed E-state index contributed by atoms with van der Waals surface area (Å²) in [5.41, 5.74) is 0. The fourth-order valence-corrected chi connectivity index (χ4v) is 2.25. The van der Waals surface area contributed by atoms with Crippen LogP contribution in [0, 0.1) is 11.8 Å². The van der Waals surface area contributed by atoms with Gasteiger partial charge in [-0.2, -0.15) is 0 Å². The van der Waals surface area contributed by atoms with Crippen LogP contribution in [-0.2, 0) is 0 Å². The number of carbonyl (C=O) groups excluding carboxylic acids is 1. The maximum Gasteiger partial charge on any atom is 0.320 e. The zero-order valence-corrected chi connectivity index (χ0v) is 9.20. The fourth-order valence-electron chi connectivity index (χ4n) is 2.25. The summed E-state index contributed by atoms with van der Waals surface area (Å²) in [7, 11) is 0. The lowest BCUT2D eigenvalue weighted by atomic mass is 9.90. The zero-order valence-electron chi connectivity index (χ0n) is 9.20. The van der Waals surface area contributed by atoms with Crippen molar-refractivity contribution in [3.63, 3.8) is 0 Å². The minimum atomic E-state index is 0.274. The largest absolute Gasteiger partial charge is 0.325 e. The molecule has 3 heteroatoms. The Bertz CT molecular complexity index is 217. The SMILES string of the molecule is CC(C)CC1CN(C(=O)N2CCC2)C1. The van der Waals surface area contributed by atoms with Gasteiger partial charge >= 0.3 is 6.03 Å². The van der Waals surface area contributed by atoms with E-state index in [-0.39, 0.29) is 6.03 Å². The van der Waals surface area contributed by atoms with Crippen molar-refractivity contribution in [3.8, 4) is 0 Å². The van der Waals surface area contributed by atoms with Crippen LogP contribution in [0.25, 0.3) is 0 Å². The van der Waals surface area contributed by atoms with Crippen LogP contribution in [0.5, 0.6) is 0 Å². The van der Waals surface area contributed by atoms with Crippen LogP contribution in [0.2, 0.25) is 0 Å². The van der Waals surface area contributed by atoms with E-state index in [1.807, 2.05) is 9.80 Å². The van der Waals surface area contributed by atoms with Gasteiger partial charge in [-0.25, -0.2) is 4.79 Å². The molecule has 0 unspecified atom stereocenters. The molecule has 0 aromatic heterocycles. The van der Waals surface area contributed by atoms with Gasteiger partial charge in [0.2, 0.25) is 0 Å². The molecule has 3 nitrogen and oxygen atoms in total. The Morgan fingerprint density at radius 1 is 1.29 bits per heavy atom. The second-order valence-corrected chi connectivity index (χ2v) is 5.02.